The third-order valence-electron chi connectivity index (χ3n) is 5.08. The van der Waals surface area contributed by atoms with Gasteiger partial charge in [-0.25, -0.2) is 8.42 Å². The summed E-state index contributed by atoms with van der Waals surface area (Å²) in [6, 6.07) is 17.9. The van der Waals surface area contributed by atoms with Crippen LogP contribution < -0.4 is 9.74 Å². The van der Waals surface area contributed by atoms with E-state index in [9.17, 15) is 21.6 Å². The van der Waals surface area contributed by atoms with Crippen molar-refractivity contribution in [3.63, 3.8) is 0 Å². The van der Waals surface area contributed by atoms with Crippen molar-refractivity contribution in [1.82, 2.24) is 9.78 Å². The molecular formula is C24H19ClN2O6S2. The third kappa shape index (κ3) is 5.29. The molecule has 0 fully saturated rings. The monoisotopic (exact) mass is 530 g/mol. The van der Waals surface area contributed by atoms with Crippen LogP contribution in [0.3, 0.4) is 0 Å². The third-order valence-corrected chi connectivity index (χ3v) is 7.68. The molecule has 0 unspecified atom stereocenters. The fourth-order valence-corrected chi connectivity index (χ4v) is 5.02. The highest BCUT2D eigenvalue weighted by molar-refractivity contribution is 7.90. The van der Waals surface area contributed by atoms with Gasteiger partial charge in [0.2, 0.25) is 5.75 Å². The molecule has 1 heterocycles. The van der Waals surface area contributed by atoms with Crippen LogP contribution in [0.5, 0.6) is 5.75 Å². The summed E-state index contributed by atoms with van der Waals surface area (Å²) in [5.74, 6) is -0.493. The average Bonchev–Trinajstić information content (AvgIpc) is 2.80. The Kier molecular flexibility index (Phi) is 6.54. The summed E-state index contributed by atoms with van der Waals surface area (Å²) in [4.78, 5) is 13.4. The number of nitrogens with zero attached hydrogens (tertiary/aromatic N) is 2. The molecule has 0 aliphatic carbocycles. The van der Waals surface area contributed by atoms with Crippen LogP contribution in [0.25, 0.3) is 16.8 Å². The normalized spacial score (nSPS) is 11.9. The van der Waals surface area contributed by atoms with E-state index in [2.05, 4.69) is 5.10 Å². The van der Waals surface area contributed by atoms with Gasteiger partial charge < -0.3 is 4.18 Å². The van der Waals surface area contributed by atoms with E-state index < -0.39 is 31.3 Å². The van der Waals surface area contributed by atoms with Crippen LogP contribution in [0, 0.1) is 6.92 Å². The van der Waals surface area contributed by atoms with Gasteiger partial charge in [0, 0.05) is 11.3 Å². The van der Waals surface area contributed by atoms with E-state index in [0.29, 0.717) is 16.3 Å². The molecule has 0 aliphatic heterocycles. The minimum atomic E-state index is -4.38. The maximum atomic E-state index is 13.4. The number of sulfone groups is 1. The number of hydrogen-bond acceptors (Lipinski definition) is 7. The van der Waals surface area contributed by atoms with Gasteiger partial charge in [-0.1, -0.05) is 47.5 Å². The Labute approximate surface area is 207 Å². The van der Waals surface area contributed by atoms with Crippen LogP contribution in [0.1, 0.15) is 5.56 Å². The molecule has 0 amide bonds. The topological polar surface area (TPSA) is 112 Å². The Bertz CT molecular complexity index is 1680. The second-order valence-electron chi connectivity index (χ2n) is 7.73. The lowest BCUT2D eigenvalue weighted by Crippen LogP contribution is -2.25. The quantitative estimate of drug-likeness (QED) is 0.346. The van der Waals surface area contributed by atoms with Crippen LogP contribution in [0.2, 0.25) is 5.02 Å². The first-order valence-corrected chi connectivity index (χ1v) is 13.8. The number of rotatable bonds is 6. The molecule has 3 aromatic carbocycles. The fourth-order valence-electron chi connectivity index (χ4n) is 3.26. The molecule has 0 atom stereocenters. The van der Waals surface area contributed by atoms with Gasteiger partial charge in [0.05, 0.1) is 22.3 Å². The van der Waals surface area contributed by atoms with E-state index in [1.807, 2.05) is 6.92 Å². The zero-order chi connectivity index (χ0) is 25.4. The molecule has 0 spiro atoms. The molecular weight excluding hydrogens is 512 g/mol. The van der Waals surface area contributed by atoms with Crippen molar-refractivity contribution >= 4 is 31.6 Å². The Hall–Kier alpha value is -3.47. The second kappa shape index (κ2) is 9.29. The zero-order valence-corrected chi connectivity index (χ0v) is 20.9. The first kappa shape index (κ1) is 24.6. The van der Waals surface area contributed by atoms with Crippen LogP contribution in [0.15, 0.2) is 93.6 Å². The largest absolute Gasteiger partial charge is 0.372 e. The van der Waals surface area contributed by atoms with Gasteiger partial charge in [0.25, 0.3) is 0 Å². The van der Waals surface area contributed by atoms with Crippen molar-refractivity contribution in [2.24, 2.45) is 0 Å². The molecule has 0 bridgehead atoms. The lowest BCUT2D eigenvalue weighted by molar-refractivity contribution is 0.479. The summed E-state index contributed by atoms with van der Waals surface area (Å²) in [7, 11) is -7.84. The van der Waals surface area contributed by atoms with Gasteiger partial charge >= 0.3 is 15.7 Å². The Morgan fingerprint density at radius 3 is 2.11 bits per heavy atom. The average molecular weight is 531 g/mol. The Morgan fingerprint density at radius 1 is 0.886 bits per heavy atom. The summed E-state index contributed by atoms with van der Waals surface area (Å²) in [6.07, 6.45) is 2.34. The van der Waals surface area contributed by atoms with E-state index in [0.717, 1.165) is 16.5 Å². The molecule has 0 saturated heterocycles. The van der Waals surface area contributed by atoms with Crippen LogP contribution in [-0.2, 0) is 20.0 Å². The van der Waals surface area contributed by atoms with Crippen molar-refractivity contribution in [1.29, 1.82) is 0 Å². The first-order valence-electron chi connectivity index (χ1n) is 10.2. The number of aromatic nitrogens is 2. The van der Waals surface area contributed by atoms with Gasteiger partial charge in [0.1, 0.15) is 4.90 Å². The van der Waals surface area contributed by atoms with E-state index in [1.165, 1.54) is 48.7 Å². The van der Waals surface area contributed by atoms with Crippen LogP contribution >= 0.6 is 11.6 Å². The number of benzene rings is 3. The van der Waals surface area contributed by atoms with E-state index in [4.69, 9.17) is 15.8 Å². The maximum absolute atomic E-state index is 13.4. The molecule has 1 aromatic heterocycles. The highest BCUT2D eigenvalue weighted by Gasteiger charge is 2.24. The van der Waals surface area contributed by atoms with Crippen LogP contribution in [-0.4, -0.2) is 32.9 Å². The summed E-state index contributed by atoms with van der Waals surface area (Å²) in [5, 5.41) is 4.52. The van der Waals surface area contributed by atoms with Crippen molar-refractivity contribution in [2.45, 2.75) is 16.7 Å². The maximum Gasteiger partial charge on any atom is 0.339 e. The minimum absolute atomic E-state index is 0.0659. The standard InChI is InChI=1S/C24H19ClN2O6S2/c1-16-6-10-21(11-7-16)35(31,32)33-23-22(17-8-12-20(13-9-17)34(2,29)30)15-26-27(24(23)28)19-5-3-4-18(25)14-19/h3-15H,1-2H3. The van der Waals surface area contributed by atoms with Gasteiger partial charge in [-0.2, -0.15) is 18.2 Å². The minimum Gasteiger partial charge on any atom is -0.372 e. The van der Waals surface area contributed by atoms with Crippen molar-refractivity contribution in [2.75, 3.05) is 6.26 Å². The van der Waals surface area contributed by atoms with Gasteiger partial charge in [-0.3, -0.25) is 4.79 Å². The van der Waals surface area contributed by atoms with Gasteiger partial charge in [-0.15, -0.1) is 0 Å². The summed E-state index contributed by atoms with van der Waals surface area (Å²) < 4.78 is 56.1. The molecule has 180 valence electrons. The Balaban J connectivity index is 1.90. The molecule has 0 N–H and O–H groups in total. The molecule has 0 radical (unpaired) electrons. The zero-order valence-electron chi connectivity index (χ0n) is 18.5. The number of halogens is 1. The smallest absolute Gasteiger partial charge is 0.339 e. The lowest BCUT2D eigenvalue weighted by atomic mass is 10.1. The van der Waals surface area contributed by atoms with E-state index in [-0.39, 0.29) is 15.4 Å². The highest BCUT2D eigenvalue weighted by Crippen LogP contribution is 2.30. The lowest BCUT2D eigenvalue weighted by Gasteiger charge is -2.14. The number of aryl methyl sites for hydroxylation is 1. The van der Waals surface area contributed by atoms with Crippen molar-refractivity contribution in [3.8, 4) is 22.6 Å². The fraction of sp³-hybridized carbons (Fsp3) is 0.0833. The summed E-state index contributed by atoms with van der Waals surface area (Å²) in [5.41, 5.74) is 0.730. The van der Waals surface area contributed by atoms with E-state index >= 15 is 0 Å². The van der Waals surface area contributed by atoms with Crippen molar-refractivity contribution in [3.05, 3.63) is 99.9 Å². The summed E-state index contributed by atoms with van der Waals surface area (Å²) in [6.45, 7) is 1.81. The second-order valence-corrected chi connectivity index (χ2v) is 11.7. The van der Waals surface area contributed by atoms with E-state index in [1.54, 1.807) is 30.3 Å². The first-order chi connectivity index (χ1) is 16.5. The predicted octanol–water partition coefficient (Wildman–Crippen LogP) is 4.03. The van der Waals surface area contributed by atoms with Gasteiger partial charge in [0.15, 0.2) is 9.84 Å². The molecule has 0 aliphatic rings. The molecule has 11 heteroatoms. The molecule has 4 aromatic rings. The Morgan fingerprint density at radius 2 is 1.51 bits per heavy atom. The molecule has 8 nitrogen and oxygen atoms in total. The SMILES string of the molecule is Cc1ccc(S(=O)(=O)Oc2c(-c3ccc(S(C)(=O)=O)cc3)cnn(-c3cccc(Cl)c3)c2=O)cc1. The molecule has 0 saturated carbocycles. The summed E-state index contributed by atoms with van der Waals surface area (Å²) >= 11 is 6.05. The van der Waals surface area contributed by atoms with Gasteiger partial charge in [-0.05, 0) is 55.0 Å². The predicted molar refractivity (Wildman–Crippen MR) is 132 cm³/mol. The molecule has 4 rings (SSSR count). The molecule has 35 heavy (non-hydrogen) atoms. The van der Waals surface area contributed by atoms with Crippen molar-refractivity contribution < 1.29 is 21.0 Å². The number of hydrogen-bond donors (Lipinski definition) is 0. The highest BCUT2D eigenvalue weighted by atomic mass is 35.5. The van der Waals surface area contributed by atoms with Crippen LogP contribution in [0.4, 0.5) is 0 Å².